The van der Waals surface area contributed by atoms with Crippen LogP contribution < -0.4 is 0 Å². The molecule has 0 fully saturated rings. The zero-order valence-corrected chi connectivity index (χ0v) is 8.13. The molecule has 1 N–H and O–H groups in total. The Kier molecular flexibility index (Phi) is 2.73. The van der Waals surface area contributed by atoms with E-state index in [1.54, 1.807) is 18.5 Å². The number of carbonyl (C=O) groups is 1. The van der Waals surface area contributed by atoms with Crippen LogP contribution in [0.15, 0.2) is 29.6 Å². The molecule has 1 aliphatic rings. The van der Waals surface area contributed by atoms with E-state index in [-0.39, 0.29) is 25.5 Å². The van der Waals surface area contributed by atoms with Crippen molar-refractivity contribution >= 4 is 11.6 Å². The van der Waals surface area contributed by atoms with Crippen molar-refractivity contribution in [3.63, 3.8) is 0 Å². The molecule has 2 heterocycles. The summed E-state index contributed by atoms with van der Waals surface area (Å²) in [5.74, 6) is -0.0806. The summed E-state index contributed by atoms with van der Waals surface area (Å²) in [7, 11) is 0. The fraction of sp³-hybridized carbons (Fsp3) is 0.300. The topological polar surface area (TPSA) is 65.8 Å². The van der Waals surface area contributed by atoms with E-state index < -0.39 is 0 Å². The van der Waals surface area contributed by atoms with E-state index in [0.29, 0.717) is 5.71 Å². The van der Waals surface area contributed by atoms with Crippen molar-refractivity contribution in [2.45, 2.75) is 6.42 Å². The molecule has 0 aromatic carbocycles. The number of amides is 1. The van der Waals surface area contributed by atoms with Gasteiger partial charge in [0.1, 0.15) is 0 Å². The van der Waals surface area contributed by atoms with Gasteiger partial charge in [-0.15, -0.1) is 0 Å². The standard InChI is InChI=1S/C10H11N3O2/c14-5-4-13-10(15)6-9(12-13)8-2-1-3-11-7-8/h1-3,7,14H,4-6H2. The molecule has 0 spiro atoms. The number of hydrogen-bond acceptors (Lipinski definition) is 4. The molecule has 15 heavy (non-hydrogen) atoms. The number of pyridine rings is 1. The van der Waals surface area contributed by atoms with Gasteiger partial charge in [-0.05, 0) is 12.1 Å². The van der Waals surface area contributed by atoms with Gasteiger partial charge >= 0.3 is 0 Å². The summed E-state index contributed by atoms with van der Waals surface area (Å²) >= 11 is 0. The second kappa shape index (κ2) is 4.18. The molecule has 0 aliphatic carbocycles. The highest BCUT2D eigenvalue weighted by atomic mass is 16.3. The summed E-state index contributed by atoms with van der Waals surface area (Å²) < 4.78 is 0. The molecular weight excluding hydrogens is 194 g/mol. The lowest BCUT2D eigenvalue weighted by molar-refractivity contribution is -0.129. The van der Waals surface area contributed by atoms with Crippen molar-refractivity contribution in [1.82, 2.24) is 9.99 Å². The summed E-state index contributed by atoms with van der Waals surface area (Å²) in [6.45, 7) is 0.179. The number of aliphatic hydroxyl groups is 1. The number of hydrazone groups is 1. The van der Waals surface area contributed by atoms with Crippen LogP contribution in [0.1, 0.15) is 12.0 Å². The highest BCUT2D eigenvalue weighted by Gasteiger charge is 2.23. The van der Waals surface area contributed by atoms with Crippen LogP contribution in [0.2, 0.25) is 0 Å². The Bertz CT molecular complexity index is 389. The first-order valence-electron chi connectivity index (χ1n) is 4.70. The zero-order valence-electron chi connectivity index (χ0n) is 8.13. The lowest BCUT2D eigenvalue weighted by Crippen LogP contribution is -2.23. The quantitative estimate of drug-likeness (QED) is 0.756. The number of carbonyl (C=O) groups excluding carboxylic acids is 1. The highest BCUT2D eigenvalue weighted by Crippen LogP contribution is 2.13. The molecule has 1 aromatic heterocycles. The van der Waals surface area contributed by atoms with Crippen LogP contribution in [0.5, 0.6) is 0 Å². The van der Waals surface area contributed by atoms with Crippen LogP contribution in [0.25, 0.3) is 0 Å². The number of rotatable bonds is 3. The zero-order chi connectivity index (χ0) is 10.7. The Morgan fingerprint density at radius 2 is 2.40 bits per heavy atom. The summed E-state index contributed by atoms with van der Waals surface area (Å²) in [5.41, 5.74) is 1.56. The number of hydrogen-bond donors (Lipinski definition) is 1. The van der Waals surface area contributed by atoms with Crippen LogP contribution in [-0.2, 0) is 4.79 Å². The third kappa shape index (κ3) is 2.02. The van der Waals surface area contributed by atoms with Gasteiger partial charge in [-0.3, -0.25) is 9.78 Å². The third-order valence-electron chi connectivity index (χ3n) is 2.15. The SMILES string of the molecule is O=C1CC(c2cccnc2)=NN1CCO. The molecule has 1 aromatic rings. The number of aromatic nitrogens is 1. The first-order valence-corrected chi connectivity index (χ1v) is 4.70. The van der Waals surface area contributed by atoms with Crippen molar-refractivity contribution in [2.75, 3.05) is 13.2 Å². The molecule has 0 bridgehead atoms. The van der Waals surface area contributed by atoms with E-state index in [2.05, 4.69) is 10.1 Å². The van der Waals surface area contributed by atoms with Gasteiger partial charge in [0, 0.05) is 18.0 Å². The molecule has 1 aliphatic heterocycles. The summed E-state index contributed by atoms with van der Waals surface area (Å²) in [5, 5.41) is 14.1. The van der Waals surface area contributed by atoms with Gasteiger partial charge in [-0.2, -0.15) is 5.10 Å². The van der Waals surface area contributed by atoms with E-state index in [1.165, 1.54) is 5.01 Å². The van der Waals surface area contributed by atoms with Crippen LogP contribution in [-0.4, -0.2) is 39.9 Å². The van der Waals surface area contributed by atoms with Crippen molar-refractivity contribution in [2.24, 2.45) is 5.10 Å². The normalized spacial score (nSPS) is 15.7. The van der Waals surface area contributed by atoms with E-state index in [4.69, 9.17) is 5.11 Å². The first kappa shape index (κ1) is 9.79. The second-order valence-electron chi connectivity index (χ2n) is 3.21. The Balaban J connectivity index is 2.19. The maximum absolute atomic E-state index is 11.4. The van der Waals surface area contributed by atoms with Crippen LogP contribution in [0.3, 0.4) is 0 Å². The fourth-order valence-electron chi connectivity index (χ4n) is 1.43. The number of nitrogens with zero attached hydrogens (tertiary/aromatic N) is 3. The molecular formula is C10H11N3O2. The lowest BCUT2D eigenvalue weighted by atomic mass is 10.1. The van der Waals surface area contributed by atoms with Gasteiger partial charge in [0.05, 0.1) is 25.3 Å². The third-order valence-corrected chi connectivity index (χ3v) is 2.15. The maximum atomic E-state index is 11.4. The van der Waals surface area contributed by atoms with Crippen LogP contribution in [0, 0.1) is 0 Å². The number of aliphatic hydroxyl groups excluding tert-OH is 1. The predicted molar refractivity (Wildman–Crippen MR) is 54.2 cm³/mol. The van der Waals surface area contributed by atoms with Crippen molar-refractivity contribution in [3.8, 4) is 0 Å². The van der Waals surface area contributed by atoms with Gasteiger partial charge in [-0.25, -0.2) is 5.01 Å². The van der Waals surface area contributed by atoms with Crippen molar-refractivity contribution in [1.29, 1.82) is 0 Å². The summed E-state index contributed by atoms with van der Waals surface area (Å²) in [6, 6.07) is 3.67. The second-order valence-corrected chi connectivity index (χ2v) is 3.21. The predicted octanol–water partition coefficient (Wildman–Crippen LogP) is 0.0103. The largest absolute Gasteiger partial charge is 0.394 e. The van der Waals surface area contributed by atoms with Crippen LogP contribution in [0.4, 0.5) is 0 Å². The molecule has 1 amide bonds. The minimum Gasteiger partial charge on any atom is -0.394 e. The van der Waals surface area contributed by atoms with Gasteiger partial charge in [0.15, 0.2) is 0 Å². The highest BCUT2D eigenvalue weighted by molar-refractivity contribution is 6.13. The summed E-state index contributed by atoms with van der Waals surface area (Å²) in [6.07, 6.45) is 3.63. The van der Waals surface area contributed by atoms with Crippen molar-refractivity contribution in [3.05, 3.63) is 30.1 Å². The number of β-amino-alcohol motifs (C(OH)–C–C–N with tert-alkyl or cyclic N) is 1. The van der Waals surface area contributed by atoms with E-state index >= 15 is 0 Å². The van der Waals surface area contributed by atoms with E-state index in [0.717, 1.165) is 5.56 Å². The molecule has 2 rings (SSSR count). The fourth-order valence-corrected chi connectivity index (χ4v) is 1.43. The van der Waals surface area contributed by atoms with Crippen LogP contribution >= 0.6 is 0 Å². The Morgan fingerprint density at radius 3 is 3.07 bits per heavy atom. The average Bonchev–Trinajstić information content (AvgIpc) is 2.63. The average molecular weight is 205 g/mol. The van der Waals surface area contributed by atoms with Gasteiger partial charge in [-0.1, -0.05) is 0 Å². The van der Waals surface area contributed by atoms with Gasteiger partial charge in [0.2, 0.25) is 5.91 Å². The molecule has 0 atom stereocenters. The minimum atomic E-state index is -0.0806. The first-order chi connectivity index (χ1) is 7.31. The maximum Gasteiger partial charge on any atom is 0.248 e. The molecule has 78 valence electrons. The monoisotopic (exact) mass is 205 g/mol. The molecule has 0 saturated carbocycles. The molecule has 0 unspecified atom stereocenters. The van der Waals surface area contributed by atoms with E-state index in [9.17, 15) is 4.79 Å². The summed E-state index contributed by atoms with van der Waals surface area (Å²) in [4.78, 5) is 15.4. The Morgan fingerprint density at radius 1 is 1.53 bits per heavy atom. The smallest absolute Gasteiger partial charge is 0.248 e. The molecule has 0 saturated heterocycles. The van der Waals surface area contributed by atoms with Gasteiger partial charge in [0.25, 0.3) is 0 Å². The minimum absolute atomic E-state index is 0.0738. The molecule has 5 nitrogen and oxygen atoms in total. The molecule has 5 heteroatoms. The molecule has 0 radical (unpaired) electrons. The van der Waals surface area contributed by atoms with E-state index in [1.807, 2.05) is 6.07 Å². The van der Waals surface area contributed by atoms with Crippen molar-refractivity contribution < 1.29 is 9.90 Å². The Hall–Kier alpha value is -1.75. The lowest BCUT2D eigenvalue weighted by Gasteiger charge is -2.07. The Labute approximate surface area is 87.1 Å². The van der Waals surface area contributed by atoms with Gasteiger partial charge < -0.3 is 5.11 Å².